The molecule has 0 radical (unpaired) electrons. The fourth-order valence-electron chi connectivity index (χ4n) is 1.86. The summed E-state index contributed by atoms with van der Waals surface area (Å²) in [6.07, 6.45) is 1.67. The predicted octanol–water partition coefficient (Wildman–Crippen LogP) is 4.82. The number of anilines is 1. The fourth-order valence-corrected chi connectivity index (χ4v) is 2.21. The van der Waals surface area contributed by atoms with E-state index in [1.54, 1.807) is 12.3 Å². The third-order valence-electron chi connectivity index (χ3n) is 3.09. The predicted molar refractivity (Wildman–Crippen MR) is 86.3 cm³/mol. The lowest BCUT2D eigenvalue weighted by Crippen LogP contribution is -2.11. The van der Waals surface area contributed by atoms with Gasteiger partial charge in [-0.1, -0.05) is 32.9 Å². The van der Waals surface area contributed by atoms with Crippen LogP contribution in [0, 0.1) is 6.92 Å². The van der Waals surface area contributed by atoms with Crippen molar-refractivity contribution < 1.29 is 4.74 Å². The van der Waals surface area contributed by atoms with Crippen LogP contribution in [0.15, 0.2) is 34.9 Å². The quantitative estimate of drug-likeness (QED) is 0.855. The summed E-state index contributed by atoms with van der Waals surface area (Å²) in [5.74, 6) is 1.21. The van der Waals surface area contributed by atoms with E-state index in [1.165, 1.54) is 5.56 Å². The Kier molecular flexibility index (Phi) is 4.04. The van der Waals surface area contributed by atoms with Crippen LogP contribution in [0.2, 0.25) is 0 Å². The highest BCUT2D eigenvalue weighted by molar-refractivity contribution is 9.10. The Balaban J connectivity index is 2.30. The molecule has 0 aliphatic heterocycles. The molecular formula is C16H19BrN2O. The average Bonchev–Trinajstić information content (AvgIpc) is 2.33. The van der Waals surface area contributed by atoms with E-state index in [4.69, 9.17) is 10.5 Å². The largest absolute Gasteiger partial charge is 0.437 e. The van der Waals surface area contributed by atoms with Gasteiger partial charge in [0.25, 0.3) is 0 Å². The van der Waals surface area contributed by atoms with E-state index in [0.29, 0.717) is 11.6 Å². The number of hydrogen-bond acceptors (Lipinski definition) is 3. The molecule has 2 rings (SSSR count). The van der Waals surface area contributed by atoms with E-state index in [-0.39, 0.29) is 5.41 Å². The third-order valence-corrected chi connectivity index (χ3v) is 3.53. The monoisotopic (exact) mass is 334 g/mol. The van der Waals surface area contributed by atoms with E-state index < -0.39 is 0 Å². The number of halogens is 1. The van der Waals surface area contributed by atoms with Crippen molar-refractivity contribution in [2.75, 3.05) is 5.73 Å². The number of nitrogens with zero attached hydrogens (tertiary/aromatic N) is 1. The van der Waals surface area contributed by atoms with Gasteiger partial charge in [-0.2, -0.15) is 0 Å². The van der Waals surface area contributed by atoms with Crippen LogP contribution in [-0.4, -0.2) is 4.98 Å². The summed E-state index contributed by atoms with van der Waals surface area (Å²) in [7, 11) is 0. The summed E-state index contributed by atoms with van der Waals surface area (Å²) in [5.41, 5.74) is 8.88. The van der Waals surface area contributed by atoms with E-state index in [9.17, 15) is 0 Å². The summed E-state index contributed by atoms with van der Waals surface area (Å²) in [5, 5.41) is 0. The Morgan fingerprint density at radius 2 is 1.90 bits per heavy atom. The maximum atomic E-state index is 5.90. The summed E-state index contributed by atoms with van der Waals surface area (Å²) in [6, 6.07) is 7.97. The minimum Gasteiger partial charge on any atom is -0.437 e. The number of aromatic nitrogens is 1. The molecule has 1 aromatic heterocycles. The molecule has 2 aromatic rings. The van der Waals surface area contributed by atoms with Gasteiger partial charge >= 0.3 is 0 Å². The molecule has 0 unspecified atom stereocenters. The van der Waals surface area contributed by atoms with Gasteiger partial charge in [-0.25, -0.2) is 4.98 Å². The summed E-state index contributed by atoms with van der Waals surface area (Å²) in [4.78, 5) is 4.19. The van der Waals surface area contributed by atoms with Crippen molar-refractivity contribution in [2.45, 2.75) is 33.1 Å². The van der Waals surface area contributed by atoms with Crippen LogP contribution in [0.4, 0.5) is 5.69 Å². The Bertz CT molecular complexity index is 633. The van der Waals surface area contributed by atoms with Crippen molar-refractivity contribution in [3.8, 4) is 11.6 Å². The lowest BCUT2D eigenvalue weighted by atomic mass is 9.86. The van der Waals surface area contributed by atoms with E-state index >= 15 is 0 Å². The second kappa shape index (κ2) is 5.44. The topological polar surface area (TPSA) is 48.1 Å². The number of hydrogen-bond donors (Lipinski definition) is 1. The van der Waals surface area contributed by atoms with Gasteiger partial charge in [-0.3, -0.25) is 0 Å². The summed E-state index contributed by atoms with van der Waals surface area (Å²) < 4.78 is 6.64. The first-order chi connectivity index (χ1) is 9.27. The summed E-state index contributed by atoms with van der Waals surface area (Å²) in [6.45, 7) is 8.60. The minimum atomic E-state index is 0.123. The Morgan fingerprint density at radius 3 is 2.45 bits per heavy atom. The highest BCUT2D eigenvalue weighted by Crippen LogP contribution is 2.32. The highest BCUT2D eigenvalue weighted by atomic mass is 79.9. The van der Waals surface area contributed by atoms with Crippen LogP contribution in [0.25, 0.3) is 0 Å². The molecule has 2 N–H and O–H groups in total. The molecule has 1 heterocycles. The Labute approximate surface area is 128 Å². The molecule has 1 aromatic carbocycles. The molecule has 0 spiro atoms. The zero-order valence-electron chi connectivity index (χ0n) is 12.2. The normalized spacial score (nSPS) is 11.4. The number of pyridine rings is 1. The van der Waals surface area contributed by atoms with Crippen molar-refractivity contribution in [1.82, 2.24) is 4.98 Å². The number of aryl methyl sites for hydroxylation is 1. The highest BCUT2D eigenvalue weighted by Gasteiger charge is 2.15. The van der Waals surface area contributed by atoms with Crippen LogP contribution >= 0.6 is 15.9 Å². The molecule has 20 heavy (non-hydrogen) atoms. The zero-order valence-corrected chi connectivity index (χ0v) is 13.8. The van der Waals surface area contributed by atoms with Crippen LogP contribution in [0.5, 0.6) is 11.6 Å². The number of benzene rings is 1. The molecule has 4 heteroatoms. The molecular weight excluding hydrogens is 316 g/mol. The lowest BCUT2D eigenvalue weighted by Gasteiger charge is -2.20. The maximum Gasteiger partial charge on any atom is 0.242 e. The van der Waals surface area contributed by atoms with Gasteiger partial charge in [-0.05, 0) is 51.5 Å². The molecule has 0 aliphatic carbocycles. The van der Waals surface area contributed by atoms with Crippen LogP contribution in [-0.2, 0) is 5.41 Å². The minimum absolute atomic E-state index is 0.123. The maximum absolute atomic E-state index is 5.90. The molecule has 0 saturated heterocycles. The van der Waals surface area contributed by atoms with E-state index in [0.717, 1.165) is 15.8 Å². The SMILES string of the molecule is Cc1cc(C(C)(C)C)ccc1Oc1ncc(Br)cc1N. The fraction of sp³-hybridized carbons (Fsp3) is 0.312. The first-order valence-corrected chi connectivity index (χ1v) is 7.26. The van der Waals surface area contributed by atoms with Crippen molar-refractivity contribution in [3.05, 3.63) is 46.1 Å². The first-order valence-electron chi connectivity index (χ1n) is 6.47. The van der Waals surface area contributed by atoms with Crippen molar-refractivity contribution in [1.29, 1.82) is 0 Å². The van der Waals surface area contributed by atoms with Crippen molar-refractivity contribution >= 4 is 21.6 Å². The zero-order chi connectivity index (χ0) is 14.9. The molecule has 0 amide bonds. The van der Waals surface area contributed by atoms with E-state index in [1.807, 2.05) is 13.0 Å². The molecule has 0 atom stereocenters. The van der Waals surface area contributed by atoms with Crippen molar-refractivity contribution in [3.63, 3.8) is 0 Å². The number of nitrogens with two attached hydrogens (primary N) is 1. The molecule has 106 valence electrons. The van der Waals surface area contributed by atoms with Gasteiger partial charge < -0.3 is 10.5 Å². The summed E-state index contributed by atoms with van der Waals surface area (Å²) >= 11 is 3.33. The Morgan fingerprint density at radius 1 is 1.20 bits per heavy atom. The smallest absolute Gasteiger partial charge is 0.242 e. The van der Waals surface area contributed by atoms with Crippen LogP contribution in [0.1, 0.15) is 31.9 Å². The number of ether oxygens (including phenoxy) is 1. The van der Waals surface area contributed by atoms with Crippen LogP contribution < -0.4 is 10.5 Å². The van der Waals surface area contributed by atoms with Gasteiger partial charge in [0.05, 0.1) is 5.69 Å². The van der Waals surface area contributed by atoms with Crippen LogP contribution in [0.3, 0.4) is 0 Å². The van der Waals surface area contributed by atoms with Gasteiger partial charge in [-0.15, -0.1) is 0 Å². The Hall–Kier alpha value is -1.55. The molecule has 0 saturated carbocycles. The number of rotatable bonds is 2. The lowest BCUT2D eigenvalue weighted by molar-refractivity contribution is 0.461. The molecule has 3 nitrogen and oxygen atoms in total. The number of nitrogen functional groups attached to an aromatic ring is 1. The first kappa shape index (κ1) is 14.9. The van der Waals surface area contributed by atoms with Gasteiger partial charge in [0.2, 0.25) is 5.88 Å². The van der Waals surface area contributed by atoms with E-state index in [2.05, 4.69) is 53.8 Å². The molecule has 0 aliphatic rings. The van der Waals surface area contributed by atoms with Gasteiger partial charge in [0.15, 0.2) is 0 Å². The third kappa shape index (κ3) is 3.31. The van der Waals surface area contributed by atoms with Gasteiger partial charge in [0, 0.05) is 10.7 Å². The van der Waals surface area contributed by atoms with Crippen molar-refractivity contribution in [2.24, 2.45) is 0 Å². The average molecular weight is 335 g/mol. The van der Waals surface area contributed by atoms with Gasteiger partial charge in [0.1, 0.15) is 5.75 Å². The second-order valence-corrected chi connectivity index (χ2v) is 6.80. The standard InChI is InChI=1S/C16H19BrN2O/c1-10-7-11(16(2,3)4)5-6-14(10)20-15-13(18)8-12(17)9-19-15/h5-9H,18H2,1-4H3. The second-order valence-electron chi connectivity index (χ2n) is 5.88. The molecule has 0 fully saturated rings. The molecule has 0 bridgehead atoms.